The second kappa shape index (κ2) is 5.26. The first-order valence-electron chi connectivity index (χ1n) is 5.92. The van der Waals surface area contributed by atoms with Crippen molar-refractivity contribution >= 4 is 40.1 Å². The van der Waals surface area contributed by atoms with Crippen LogP contribution in [0.2, 0.25) is 0 Å². The number of aromatic nitrogens is 1. The summed E-state index contributed by atoms with van der Waals surface area (Å²) in [5, 5.41) is 2.93. The second-order valence-corrected chi connectivity index (χ2v) is 5.56. The fraction of sp³-hybridized carbons (Fsp3) is 0.0714. The molecular weight excluding hydrogens is 294 g/mol. The van der Waals surface area contributed by atoms with Gasteiger partial charge in [-0.05, 0) is 30.3 Å². The molecule has 6 heteroatoms. The van der Waals surface area contributed by atoms with Crippen LogP contribution in [0.15, 0.2) is 51.3 Å². The summed E-state index contributed by atoms with van der Waals surface area (Å²) in [6.07, 6.45) is 1.68. The molecule has 2 aromatic rings. The summed E-state index contributed by atoms with van der Waals surface area (Å²) in [6, 6.07) is 9.19. The fourth-order valence-electron chi connectivity index (χ4n) is 1.88. The summed E-state index contributed by atoms with van der Waals surface area (Å²) in [4.78, 5) is 22.2. The third-order valence-corrected chi connectivity index (χ3v) is 4.23. The van der Waals surface area contributed by atoms with E-state index < -0.39 is 0 Å². The van der Waals surface area contributed by atoms with Crippen LogP contribution < -0.4 is 5.32 Å². The number of nitrogens with one attached hydrogen (secondary N) is 1. The molecule has 0 saturated heterocycles. The number of halogens is 1. The van der Waals surface area contributed by atoms with Gasteiger partial charge in [-0.1, -0.05) is 23.4 Å². The van der Waals surface area contributed by atoms with Gasteiger partial charge in [-0.2, -0.15) is 0 Å². The van der Waals surface area contributed by atoms with Crippen LogP contribution in [0.3, 0.4) is 0 Å². The molecule has 0 fully saturated rings. The minimum Gasteiger partial charge on any atom is -0.355 e. The Morgan fingerprint density at radius 2 is 2.15 bits per heavy atom. The lowest BCUT2D eigenvalue weighted by Crippen LogP contribution is -2.17. The van der Waals surface area contributed by atoms with E-state index in [1.807, 2.05) is 18.2 Å². The van der Waals surface area contributed by atoms with Crippen LogP contribution in [0.25, 0.3) is 0 Å². The Kier molecular flexibility index (Phi) is 3.46. The highest BCUT2D eigenvalue weighted by Crippen LogP contribution is 2.40. The summed E-state index contributed by atoms with van der Waals surface area (Å²) < 4.78 is 0. The van der Waals surface area contributed by atoms with Gasteiger partial charge in [-0.3, -0.25) is 9.78 Å². The molecule has 0 bridgehead atoms. The number of carbonyl (C=O) groups is 1. The predicted molar refractivity (Wildman–Crippen MR) is 80.2 cm³/mol. The second-order valence-electron chi connectivity index (χ2n) is 4.12. The molecule has 4 nitrogen and oxygen atoms in total. The van der Waals surface area contributed by atoms with Crippen LogP contribution >= 0.6 is 23.4 Å². The summed E-state index contributed by atoms with van der Waals surface area (Å²) >= 11 is 7.76. The number of fused-ring (bicyclic) bond motifs is 2. The Balaban J connectivity index is 2.13. The van der Waals surface area contributed by atoms with Crippen molar-refractivity contribution in [3.63, 3.8) is 0 Å². The average molecular weight is 304 g/mol. The normalized spacial score (nSPS) is 12.8. The Bertz CT molecular complexity index is 730. The van der Waals surface area contributed by atoms with Gasteiger partial charge in [0.25, 0.3) is 5.91 Å². The van der Waals surface area contributed by atoms with Gasteiger partial charge in [0.05, 0.1) is 5.69 Å². The lowest BCUT2D eigenvalue weighted by Gasteiger charge is -2.05. The number of rotatable bonds is 1. The van der Waals surface area contributed by atoms with Crippen molar-refractivity contribution in [1.29, 1.82) is 0 Å². The fourth-order valence-corrected chi connectivity index (χ4v) is 3.15. The summed E-state index contributed by atoms with van der Waals surface area (Å²) in [5.41, 5.74) is 1.90. The topological polar surface area (TPSA) is 54.4 Å². The molecule has 0 aliphatic carbocycles. The van der Waals surface area contributed by atoms with Crippen molar-refractivity contribution in [2.75, 3.05) is 7.05 Å². The number of aliphatic imine (C=N–C) groups is 1. The van der Waals surface area contributed by atoms with Crippen LogP contribution in [-0.2, 0) is 0 Å². The molecule has 1 amide bonds. The van der Waals surface area contributed by atoms with E-state index in [4.69, 9.17) is 11.6 Å². The zero-order chi connectivity index (χ0) is 14.1. The Labute approximate surface area is 125 Å². The molecule has 0 spiro atoms. The maximum absolute atomic E-state index is 11.7. The van der Waals surface area contributed by atoms with E-state index in [0.717, 1.165) is 9.79 Å². The van der Waals surface area contributed by atoms with Crippen LogP contribution in [-0.4, -0.2) is 23.1 Å². The van der Waals surface area contributed by atoms with Crippen LogP contribution in [0, 0.1) is 0 Å². The molecule has 3 rings (SSSR count). The lowest BCUT2D eigenvalue weighted by atomic mass is 10.2. The van der Waals surface area contributed by atoms with Gasteiger partial charge in [-0.25, -0.2) is 4.99 Å². The first-order valence-corrected chi connectivity index (χ1v) is 7.12. The highest BCUT2D eigenvalue weighted by atomic mass is 35.5. The number of pyridine rings is 1. The first-order chi connectivity index (χ1) is 9.69. The van der Waals surface area contributed by atoms with E-state index in [1.54, 1.807) is 37.1 Å². The summed E-state index contributed by atoms with van der Waals surface area (Å²) in [6.45, 7) is 0. The first kappa shape index (κ1) is 13.1. The van der Waals surface area contributed by atoms with E-state index >= 15 is 0 Å². The molecule has 0 atom stereocenters. The van der Waals surface area contributed by atoms with E-state index in [1.165, 1.54) is 0 Å². The smallest absolute Gasteiger partial charge is 0.251 e. The molecule has 1 aliphatic heterocycles. The summed E-state index contributed by atoms with van der Waals surface area (Å²) in [5.74, 6) is -0.149. The quantitative estimate of drug-likeness (QED) is 0.880. The molecule has 1 N–H and O–H groups in total. The van der Waals surface area contributed by atoms with Gasteiger partial charge in [0.2, 0.25) is 0 Å². The van der Waals surface area contributed by atoms with Crippen molar-refractivity contribution in [3.8, 4) is 0 Å². The van der Waals surface area contributed by atoms with Gasteiger partial charge in [-0.15, -0.1) is 0 Å². The number of benzene rings is 1. The highest BCUT2D eigenvalue weighted by Gasteiger charge is 2.18. The molecule has 20 heavy (non-hydrogen) atoms. The number of hydrogen-bond acceptors (Lipinski definition) is 4. The third kappa shape index (κ3) is 2.30. The van der Waals surface area contributed by atoms with E-state index in [9.17, 15) is 4.79 Å². The van der Waals surface area contributed by atoms with Crippen molar-refractivity contribution in [2.45, 2.75) is 9.79 Å². The lowest BCUT2D eigenvalue weighted by molar-refractivity contribution is 0.0963. The SMILES string of the molecule is CNC(=O)c1ccc2c(c1)N=C(Cl)c1ncccc1S2. The third-order valence-electron chi connectivity index (χ3n) is 2.85. The minimum absolute atomic E-state index is 0.149. The monoisotopic (exact) mass is 303 g/mol. The summed E-state index contributed by atoms with van der Waals surface area (Å²) in [7, 11) is 1.60. The Hall–Kier alpha value is -1.85. The number of nitrogens with zero attached hydrogens (tertiary/aromatic N) is 2. The van der Waals surface area contributed by atoms with Gasteiger partial charge in [0.1, 0.15) is 5.69 Å². The highest BCUT2D eigenvalue weighted by molar-refractivity contribution is 7.99. The molecule has 0 saturated carbocycles. The van der Waals surface area contributed by atoms with Gasteiger partial charge in [0, 0.05) is 28.6 Å². The molecule has 0 radical (unpaired) electrons. The molecule has 1 aromatic carbocycles. The Morgan fingerprint density at radius 1 is 1.30 bits per heavy atom. The molecule has 100 valence electrons. The number of amides is 1. The van der Waals surface area contributed by atoms with Crippen LogP contribution in [0.5, 0.6) is 0 Å². The zero-order valence-electron chi connectivity index (χ0n) is 10.6. The van der Waals surface area contributed by atoms with Crippen LogP contribution in [0.4, 0.5) is 5.69 Å². The average Bonchev–Trinajstić information content (AvgIpc) is 2.62. The van der Waals surface area contributed by atoms with E-state index in [-0.39, 0.29) is 5.91 Å². The molecular formula is C14H10ClN3OS. The zero-order valence-corrected chi connectivity index (χ0v) is 12.1. The maximum atomic E-state index is 11.7. The molecule has 2 heterocycles. The largest absolute Gasteiger partial charge is 0.355 e. The molecule has 1 aliphatic rings. The minimum atomic E-state index is -0.149. The predicted octanol–water partition coefficient (Wildman–Crippen LogP) is 3.22. The van der Waals surface area contributed by atoms with Gasteiger partial charge >= 0.3 is 0 Å². The standard InChI is InChI=1S/C14H10ClN3OS/c1-16-14(19)8-4-5-10-9(7-8)18-13(15)12-11(20-10)3-2-6-17-12/h2-7H,1H3,(H,16,19). The van der Waals surface area contributed by atoms with Crippen molar-refractivity contribution in [3.05, 3.63) is 47.8 Å². The van der Waals surface area contributed by atoms with Crippen molar-refractivity contribution < 1.29 is 4.79 Å². The van der Waals surface area contributed by atoms with Crippen molar-refractivity contribution in [1.82, 2.24) is 10.3 Å². The van der Waals surface area contributed by atoms with Gasteiger partial charge in [0.15, 0.2) is 5.17 Å². The van der Waals surface area contributed by atoms with E-state index in [2.05, 4.69) is 15.3 Å². The molecule has 1 aromatic heterocycles. The molecule has 0 unspecified atom stereocenters. The Morgan fingerprint density at radius 3 is 2.95 bits per heavy atom. The van der Waals surface area contributed by atoms with Crippen LogP contribution in [0.1, 0.15) is 16.1 Å². The number of carbonyl (C=O) groups excluding carboxylic acids is 1. The van der Waals surface area contributed by atoms with Crippen molar-refractivity contribution in [2.24, 2.45) is 4.99 Å². The number of hydrogen-bond donors (Lipinski definition) is 1. The van der Waals surface area contributed by atoms with E-state index in [0.29, 0.717) is 22.1 Å². The maximum Gasteiger partial charge on any atom is 0.251 e. The van der Waals surface area contributed by atoms with Gasteiger partial charge < -0.3 is 5.32 Å².